The van der Waals surface area contributed by atoms with Gasteiger partial charge in [0.15, 0.2) is 0 Å². The minimum Gasteiger partial charge on any atom is -0.357 e. The standard InChI is InChI=1S/C8H9NO3/c1-5-6(9(10)11)3-4-8(2)7(5)12-8/h3-4,7H,1-2H3. The monoisotopic (exact) mass is 167 g/mol. The van der Waals surface area contributed by atoms with E-state index < -0.39 is 0 Å². The van der Waals surface area contributed by atoms with Crippen LogP contribution < -0.4 is 0 Å². The summed E-state index contributed by atoms with van der Waals surface area (Å²) >= 11 is 0. The van der Waals surface area contributed by atoms with Crippen LogP contribution in [0.2, 0.25) is 0 Å². The van der Waals surface area contributed by atoms with Crippen molar-refractivity contribution in [1.82, 2.24) is 0 Å². The van der Waals surface area contributed by atoms with E-state index in [9.17, 15) is 10.1 Å². The molecule has 0 saturated carbocycles. The van der Waals surface area contributed by atoms with Gasteiger partial charge in [-0.05, 0) is 19.9 Å². The van der Waals surface area contributed by atoms with Crippen molar-refractivity contribution in [1.29, 1.82) is 0 Å². The average molecular weight is 167 g/mol. The summed E-state index contributed by atoms with van der Waals surface area (Å²) in [5.74, 6) is 0. The summed E-state index contributed by atoms with van der Waals surface area (Å²) in [6.07, 6.45) is 3.21. The average Bonchev–Trinajstić information content (AvgIpc) is 2.62. The van der Waals surface area contributed by atoms with E-state index in [-0.39, 0.29) is 22.3 Å². The van der Waals surface area contributed by atoms with Crippen LogP contribution >= 0.6 is 0 Å². The predicted molar refractivity (Wildman–Crippen MR) is 42.1 cm³/mol. The van der Waals surface area contributed by atoms with E-state index >= 15 is 0 Å². The lowest BCUT2D eigenvalue weighted by molar-refractivity contribution is -0.420. The van der Waals surface area contributed by atoms with E-state index in [0.717, 1.165) is 5.57 Å². The molecule has 1 saturated heterocycles. The van der Waals surface area contributed by atoms with Gasteiger partial charge in [-0.2, -0.15) is 0 Å². The van der Waals surface area contributed by atoms with E-state index in [1.165, 1.54) is 6.08 Å². The highest BCUT2D eigenvalue weighted by atomic mass is 16.6. The van der Waals surface area contributed by atoms with Gasteiger partial charge < -0.3 is 4.74 Å². The smallest absolute Gasteiger partial charge is 0.270 e. The van der Waals surface area contributed by atoms with E-state index in [1.807, 2.05) is 6.92 Å². The Morgan fingerprint density at radius 2 is 2.42 bits per heavy atom. The number of hydrogen-bond donors (Lipinski definition) is 0. The molecule has 2 aliphatic rings. The van der Waals surface area contributed by atoms with Crippen molar-refractivity contribution in [3.8, 4) is 0 Å². The summed E-state index contributed by atoms with van der Waals surface area (Å²) in [5.41, 5.74) is 0.642. The van der Waals surface area contributed by atoms with Gasteiger partial charge in [-0.25, -0.2) is 0 Å². The summed E-state index contributed by atoms with van der Waals surface area (Å²) in [4.78, 5) is 10.1. The molecule has 0 aromatic carbocycles. The van der Waals surface area contributed by atoms with E-state index in [0.29, 0.717) is 0 Å². The van der Waals surface area contributed by atoms with Crippen LogP contribution in [0.1, 0.15) is 13.8 Å². The van der Waals surface area contributed by atoms with Crippen LogP contribution in [0.25, 0.3) is 0 Å². The topological polar surface area (TPSA) is 55.7 Å². The van der Waals surface area contributed by atoms with Crippen LogP contribution in [0.15, 0.2) is 23.4 Å². The maximum Gasteiger partial charge on any atom is 0.270 e. The van der Waals surface area contributed by atoms with Crippen molar-refractivity contribution in [2.75, 3.05) is 0 Å². The lowest BCUT2D eigenvalue weighted by Gasteiger charge is -2.05. The predicted octanol–water partition coefficient (Wildman–Crippen LogP) is 1.26. The van der Waals surface area contributed by atoms with Crippen LogP contribution in [0.5, 0.6) is 0 Å². The van der Waals surface area contributed by atoms with Gasteiger partial charge in [0.2, 0.25) is 0 Å². The molecule has 0 aromatic heterocycles. The van der Waals surface area contributed by atoms with Crippen LogP contribution in [0.3, 0.4) is 0 Å². The lowest BCUT2D eigenvalue weighted by Crippen LogP contribution is -2.15. The minimum absolute atomic E-state index is 0.0668. The number of epoxide rings is 1. The van der Waals surface area contributed by atoms with E-state index in [4.69, 9.17) is 4.74 Å². The molecule has 0 aromatic rings. The van der Waals surface area contributed by atoms with Crippen LogP contribution in [-0.2, 0) is 4.74 Å². The molecule has 0 amide bonds. The number of nitro groups is 1. The van der Waals surface area contributed by atoms with Crippen molar-refractivity contribution in [2.24, 2.45) is 0 Å². The Morgan fingerprint density at radius 1 is 1.75 bits per heavy atom. The van der Waals surface area contributed by atoms with E-state index in [2.05, 4.69) is 0 Å². The van der Waals surface area contributed by atoms with Gasteiger partial charge in [0.25, 0.3) is 5.70 Å². The third-order valence-corrected chi connectivity index (χ3v) is 2.40. The van der Waals surface area contributed by atoms with Crippen molar-refractivity contribution in [3.05, 3.63) is 33.5 Å². The van der Waals surface area contributed by atoms with Gasteiger partial charge in [-0.3, -0.25) is 10.1 Å². The Hall–Kier alpha value is -1.16. The highest BCUT2D eigenvalue weighted by Gasteiger charge is 2.55. The zero-order valence-corrected chi connectivity index (χ0v) is 6.90. The fraction of sp³-hybridized carbons (Fsp3) is 0.500. The maximum atomic E-state index is 10.5. The summed E-state index contributed by atoms with van der Waals surface area (Å²) in [7, 11) is 0. The maximum absolute atomic E-state index is 10.5. The third kappa shape index (κ3) is 0.814. The quantitative estimate of drug-likeness (QED) is 0.335. The Labute approximate surface area is 69.7 Å². The first-order valence-electron chi connectivity index (χ1n) is 3.77. The molecule has 0 N–H and O–H groups in total. The molecule has 12 heavy (non-hydrogen) atoms. The normalized spacial score (nSPS) is 38.0. The summed E-state index contributed by atoms with van der Waals surface area (Å²) in [6, 6.07) is 0. The molecule has 2 unspecified atom stereocenters. The fourth-order valence-electron chi connectivity index (χ4n) is 1.58. The Morgan fingerprint density at radius 3 is 3.00 bits per heavy atom. The van der Waals surface area contributed by atoms with Crippen LogP contribution in [0.4, 0.5) is 0 Å². The number of fused-ring (bicyclic) bond motifs is 1. The van der Waals surface area contributed by atoms with E-state index in [1.54, 1.807) is 13.0 Å². The summed E-state index contributed by atoms with van der Waals surface area (Å²) < 4.78 is 5.31. The molecule has 64 valence electrons. The molecule has 4 nitrogen and oxygen atoms in total. The molecule has 1 aliphatic carbocycles. The van der Waals surface area contributed by atoms with Crippen molar-refractivity contribution < 1.29 is 9.66 Å². The number of nitrogens with zero attached hydrogens (tertiary/aromatic N) is 1. The largest absolute Gasteiger partial charge is 0.357 e. The van der Waals surface area contributed by atoms with Gasteiger partial charge in [-0.15, -0.1) is 0 Å². The first-order chi connectivity index (χ1) is 5.54. The highest BCUT2D eigenvalue weighted by molar-refractivity contribution is 5.38. The molecule has 1 fully saturated rings. The third-order valence-electron chi connectivity index (χ3n) is 2.40. The second kappa shape index (κ2) is 1.95. The number of ether oxygens (including phenoxy) is 1. The molecule has 2 rings (SSSR count). The molecule has 1 aliphatic heterocycles. The van der Waals surface area contributed by atoms with Crippen molar-refractivity contribution in [3.63, 3.8) is 0 Å². The fourth-order valence-corrected chi connectivity index (χ4v) is 1.58. The van der Waals surface area contributed by atoms with Gasteiger partial charge >= 0.3 is 0 Å². The SMILES string of the molecule is CC1=C([N+](=O)[O-])C=CC2(C)OC12. The number of allylic oxidation sites excluding steroid dienone is 1. The molecule has 4 heteroatoms. The van der Waals surface area contributed by atoms with Crippen molar-refractivity contribution >= 4 is 0 Å². The number of hydrogen-bond acceptors (Lipinski definition) is 3. The molecular weight excluding hydrogens is 158 g/mol. The first kappa shape index (κ1) is 7.49. The molecule has 0 radical (unpaired) electrons. The molecule has 0 bridgehead atoms. The summed E-state index contributed by atoms with van der Waals surface area (Å²) in [5, 5.41) is 10.5. The van der Waals surface area contributed by atoms with Crippen LogP contribution in [0, 0.1) is 10.1 Å². The van der Waals surface area contributed by atoms with Gasteiger partial charge in [0.1, 0.15) is 11.7 Å². The Balaban J connectivity index is 2.38. The second-order valence-corrected chi connectivity index (χ2v) is 3.34. The highest BCUT2D eigenvalue weighted by Crippen LogP contribution is 2.46. The number of rotatable bonds is 1. The van der Waals surface area contributed by atoms with Crippen molar-refractivity contribution in [2.45, 2.75) is 25.6 Å². The van der Waals surface area contributed by atoms with Gasteiger partial charge in [0, 0.05) is 11.6 Å². The van der Waals surface area contributed by atoms with Gasteiger partial charge in [0.05, 0.1) is 4.92 Å². The first-order valence-corrected chi connectivity index (χ1v) is 3.77. The molecule has 0 spiro atoms. The molecular formula is C8H9NO3. The summed E-state index contributed by atoms with van der Waals surface area (Å²) in [6.45, 7) is 3.67. The zero-order valence-electron chi connectivity index (χ0n) is 6.90. The zero-order chi connectivity index (χ0) is 8.93. The Kier molecular flexibility index (Phi) is 1.22. The van der Waals surface area contributed by atoms with Crippen LogP contribution in [-0.4, -0.2) is 16.6 Å². The van der Waals surface area contributed by atoms with Gasteiger partial charge in [-0.1, -0.05) is 0 Å². The molecule has 1 heterocycles. The Bertz CT molecular complexity index is 318. The second-order valence-electron chi connectivity index (χ2n) is 3.34. The molecule has 2 atom stereocenters. The lowest BCUT2D eigenvalue weighted by atomic mass is 9.95. The minimum atomic E-state index is -0.368.